The molecule has 0 radical (unpaired) electrons. The van der Waals surface area contributed by atoms with Gasteiger partial charge < -0.3 is 15.0 Å². The molecule has 140 valence electrons. The van der Waals surface area contributed by atoms with Crippen molar-refractivity contribution in [3.63, 3.8) is 0 Å². The van der Waals surface area contributed by atoms with Gasteiger partial charge in [0.25, 0.3) is 5.91 Å². The highest BCUT2D eigenvalue weighted by Gasteiger charge is 2.18. The molecule has 1 saturated heterocycles. The summed E-state index contributed by atoms with van der Waals surface area (Å²) < 4.78 is 34.2. The number of carbonyl (C=O) groups is 1. The molecular formula is C19H23F2N3O2. The van der Waals surface area contributed by atoms with Crippen LogP contribution in [0.3, 0.4) is 0 Å². The topological polar surface area (TPSA) is 60.5 Å². The molecule has 0 spiro atoms. The van der Waals surface area contributed by atoms with Gasteiger partial charge in [0, 0.05) is 43.1 Å². The van der Waals surface area contributed by atoms with Gasteiger partial charge in [-0.3, -0.25) is 9.69 Å². The minimum absolute atomic E-state index is 0.399. The van der Waals surface area contributed by atoms with Crippen LogP contribution < -0.4 is 5.73 Å². The number of rotatable bonds is 6. The zero-order valence-electron chi connectivity index (χ0n) is 14.8. The first-order valence-electron chi connectivity index (χ1n) is 8.73. The lowest BCUT2D eigenvalue weighted by Crippen LogP contribution is -2.37. The molecule has 1 aromatic heterocycles. The lowest BCUT2D eigenvalue weighted by atomic mass is 10.1. The fourth-order valence-electron chi connectivity index (χ4n) is 3.35. The summed E-state index contributed by atoms with van der Waals surface area (Å²) in [5.74, 6) is -2.34. The number of nitrogens with zero attached hydrogens (tertiary/aromatic N) is 2. The van der Waals surface area contributed by atoms with E-state index in [1.54, 1.807) is 6.07 Å². The lowest BCUT2D eigenvalue weighted by molar-refractivity contribution is 0.0369. The molecular weight excluding hydrogens is 340 g/mol. The summed E-state index contributed by atoms with van der Waals surface area (Å²) in [6.07, 6.45) is 0.865. The fourth-order valence-corrected chi connectivity index (χ4v) is 3.35. The van der Waals surface area contributed by atoms with E-state index in [1.165, 1.54) is 6.07 Å². The lowest BCUT2D eigenvalue weighted by Gasteiger charge is -2.26. The first-order chi connectivity index (χ1) is 12.5. The van der Waals surface area contributed by atoms with Gasteiger partial charge in [0.05, 0.1) is 18.8 Å². The number of nitrogens with two attached hydrogens (primary N) is 1. The average molecular weight is 363 g/mol. The third kappa shape index (κ3) is 3.94. The molecule has 5 nitrogen and oxygen atoms in total. The van der Waals surface area contributed by atoms with E-state index in [9.17, 15) is 13.6 Å². The van der Waals surface area contributed by atoms with E-state index in [2.05, 4.69) is 4.90 Å². The molecule has 0 bridgehead atoms. The molecule has 1 aliphatic heterocycles. The van der Waals surface area contributed by atoms with Crippen molar-refractivity contribution in [1.82, 2.24) is 9.47 Å². The van der Waals surface area contributed by atoms with E-state index in [0.717, 1.165) is 57.1 Å². The summed E-state index contributed by atoms with van der Waals surface area (Å²) in [5.41, 5.74) is 7.78. The van der Waals surface area contributed by atoms with Crippen molar-refractivity contribution >= 4 is 5.91 Å². The van der Waals surface area contributed by atoms with Crippen LogP contribution in [0.1, 0.15) is 22.5 Å². The molecule has 7 heteroatoms. The van der Waals surface area contributed by atoms with Crippen LogP contribution in [-0.4, -0.2) is 48.2 Å². The van der Waals surface area contributed by atoms with Gasteiger partial charge >= 0.3 is 0 Å². The minimum atomic E-state index is -0.915. The van der Waals surface area contributed by atoms with Crippen LogP contribution in [0.15, 0.2) is 24.3 Å². The molecule has 26 heavy (non-hydrogen) atoms. The van der Waals surface area contributed by atoms with Crippen LogP contribution in [0.4, 0.5) is 8.78 Å². The number of halogens is 2. The number of amides is 1. The Morgan fingerprint density at radius 1 is 1.15 bits per heavy atom. The summed E-state index contributed by atoms with van der Waals surface area (Å²) in [4.78, 5) is 14.0. The Labute approximate surface area is 151 Å². The van der Waals surface area contributed by atoms with Crippen LogP contribution in [0.5, 0.6) is 0 Å². The van der Waals surface area contributed by atoms with Gasteiger partial charge in [0.15, 0.2) is 11.6 Å². The molecule has 0 unspecified atom stereocenters. The molecule has 1 fully saturated rings. The molecule has 1 aliphatic rings. The average Bonchev–Trinajstić information content (AvgIpc) is 2.95. The van der Waals surface area contributed by atoms with E-state index in [-0.39, 0.29) is 0 Å². The summed E-state index contributed by atoms with van der Waals surface area (Å²) in [6, 6.07) is 5.40. The van der Waals surface area contributed by atoms with E-state index >= 15 is 0 Å². The molecule has 2 heterocycles. The summed E-state index contributed by atoms with van der Waals surface area (Å²) in [7, 11) is 0. The van der Waals surface area contributed by atoms with Gasteiger partial charge in [-0.05, 0) is 37.6 Å². The molecule has 2 aromatic rings. The van der Waals surface area contributed by atoms with Crippen molar-refractivity contribution in [2.24, 2.45) is 5.73 Å². The van der Waals surface area contributed by atoms with Crippen molar-refractivity contribution in [1.29, 1.82) is 0 Å². The van der Waals surface area contributed by atoms with Crippen LogP contribution in [-0.2, 0) is 11.3 Å². The van der Waals surface area contributed by atoms with Gasteiger partial charge in [-0.25, -0.2) is 8.78 Å². The molecule has 0 atom stereocenters. The number of benzene rings is 1. The number of primary amides is 1. The van der Waals surface area contributed by atoms with Crippen molar-refractivity contribution in [3.05, 3.63) is 47.2 Å². The van der Waals surface area contributed by atoms with Crippen LogP contribution >= 0.6 is 0 Å². The monoisotopic (exact) mass is 363 g/mol. The van der Waals surface area contributed by atoms with Gasteiger partial charge in [-0.1, -0.05) is 0 Å². The molecule has 0 saturated carbocycles. The van der Waals surface area contributed by atoms with Gasteiger partial charge in [-0.15, -0.1) is 0 Å². The number of ether oxygens (including phenoxy) is 1. The van der Waals surface area contributed by atoms with Gasteiger partial charge in [-0.2, -0.15) is 0 Å². The van der Waals surface area contributed by atoms with Crippen LogP contribution in [0.2, 0.25) is 0 Å². The highest BCUT2D eigenvalue weighted by atomic mass is 19.2. The van der Waals surface area contributed by atoms with Crippen molar-refractivity contribution < 1.29 is 18.3 Å². The number of aromatic nitrogens is 1. The highest BCUT2D eigenvalue weighted by molar-refractivity contribution is 5.95. The van der Waals surface area contributed by atoms with Crippen LogP contribution in [0.25, 0.3) is 11.3 Å². The Hall–Kier alpha value is -2.25. The second-order valence-electron chi connectivity index (χ2n) is 6.48. The van der Waals surface area contributed by atoms with Crippen molar-refractivity contribution in [3.8, 4) is 11.3 Å². The second-order valence-corrected chi connectivity index (χ2v) is 6.48. The quantitative estimate of drug-likeness (QED) is 0.858. The first-order valence-corrected chi connectivity index (χ1v) is 8.73. The van der Waals surface area contributed by atoms with E-state index in [1.807, 2.05) is 11.5 Å². The Morgan fingerprint density at radius 2 is 1.88 bits per heavy atom. The SMILES string of the molecule is Cc1c(C(N)=O)cc(-c2ccc(F)c(F)c2)n1CCCN1CCOCC1. The number of carbonyl (C=O) groups excluding carboxylic acids is 1. The highest BCUT2D eigenvalue weighted by Crippen LogP contribution is 2.27. The molecule has 0 aliphatic carbocycles. The zero-order chi connectivity index (χ0) is 18.7. The third-order valence-electron chi connectivity index (χ3n) is 4.81. The summed E-state index contributed by atoms with van der Waals surface area (Å²) in [5, 5.41) is 0. The largest absolute Gasteiger partial charge is 0.379 e. The molecule has 1 amide bonds. The van der Waals surface area contributed by atoms with Crippen molar-refractivity contribution in [2.75, 3.05) is 32.8 Å². The summed E-state index contributed by atoms with van der Waals surface area (Å²) in [6.45, 7) is 6.69. The Morgan fingerprint density at radius 3 is 2.54 bits per heavy atom. The van der Waals surface area contributed by atoms with Crippen LogP contribution in [0, 0.1) is 18.6 Å². The molecule has 1 aromatic carbocycles. The maximum Gasteiger partial charge on any atom is 0.250 e. The maximum atomic E-state index is 13.7. The maximum absolute atomic E-state index is 13.7. The fraction of sp³-hybridized carbons (Fsp3) is 0.421. The Bertz CT molecular complexity index is 798. The van der Waals surface area contributed by atoms with Gasteiger partial charge in [0.1, 0.15) is 0 Å². The van der Waals surface area contributed by atoms with Gasteiger partial charge in [0.2, 0.25) is 0 Å². The van der Waals surface area contributed by atoms with Crippen molar-refractivity contribution in [2.45, 2.75) is 19.9 Å². The second kappa shape index (κ2) is 7.97. The van der Waals surface area contributed by atoms with E-state index < -0.39 is 17.5 Å². The summed E-state index contributed by atoms with van der Waals surface area (Å²) >= 11 is 0. The zero-order valence-corrected chi connectivity index (χ0v) is 14.8. The Balaban J connectivity index is 1.84. The molecule has 3 rings (SSSR count). The third-order valence-corrected chi connectivity index (χ3v) is 4.81. The van der Waals surface area contributed by atoms with E-state index in [0.29, 0.717) is 23.4 Å². The number of hydrogen-bond acceptors (Lipinski definition) is 3. The number of hydrogen-bond donors (Lipinski definition) is 1. The number of morpholine rings is 1. The predicted molar refractivity (Wildman–Crippen MR) is 94.9 cm³/mol. The minimum Gasteiger partial charge on any atom is -0.379 e. The smallest absolute Gasteiger partial charge is 0.250 e. The first kappa shape index (κ1) is 18.5. The predicted octanol–water partition coefficient (Wildman–Crippen LogP) is 2.56. The standard InChI is InChI=1S/C19H23F2N3O2/c1-13-15(19(22)25)12-18(14-3-4-16(20)17(21)11-14)24(13)6-2-5-23-7-9-26-10-8-23/h3-4,11-12H,2,5-10H2,1H3,(H2,22,25). The Kier molecular flexibility index (Phi) is 5.68. The molecule has 2 N–H and O–H groups in total. The normalized spacial score (nSPS) is 15.3. The van der Waals surface area contributed by atoms with E-state index in [4.69, 9.17) is 10.5 Å².